The number of nitrogens with zero attached hydrogens (tertiary/aromatic N) is 1. The molecule has 0 spiro atoms. The lowest BCUT2D eigenvalue weighted by Crippen LogP contribution is -2.33. The predicted molar refractivity (Wildman–Crippen MR) is 71.0 cm³/mol. The smallest absolute Gasteiger partial charge is 0.370 e. The van der Waals surface area contributed by atoms with Gasteiger partial charge in [0.2, 0.25) is 11.8 Å². The lowest BCUT2D eigenvalue weighted by Gasteiger charge is -2.27. The van der Waals surface area contributed by atoms with Crippen molar-refractivity contribution in [1.29, 1.82) is 0 Å². The number of primary amides is 1. The minimum absolute atomic E-state index is 0.141. The number of hydrogen-bond donors (Lipinski definition) is 1. The second-order valence-corrected chi connectivity index (χ2v) is 4.42. The molecule has 1 aromatic rings. The summed E-state index contributed by atoms with van der Waals surface area (Å²) in [5, 5.41) is 0. The van der Waals surface area contributed by atoms with Gasteiger partial charge in [-0.05, 0) is 5.56 Å². The van der Waals surface area contributed by atoms with Gasteiger partial charge in [-0.25, -0.2) is 0 Å². The van der Waals surface area contributed by atoms with Gasteiger partial charge >= 0.3 is 6.18 Å². The zero-order valence-corrected chi connectivity index (χ0v) is 11.3. The normalized spacial score (nSPS) is 13.1. The Balaban J connectivity index is 2.96. The summed E-state index contributed by atoms with van der Waals surface area (Å²) < 4.78 is 36.2. The Morgan fingerprint density at radius 2 is 1.86 bits per heavy atom. The molecular weight excluding hydrogens is 285 g/mol. The molecule has 114 valence electrons. The van der Waals surface area contributed by atoms with Crippen LogP contribution < -0.4 is 5.73 Å². The van der Waals surface area contributed by atoms with E-state index >= 15 is 0 Å². The molecule has 0 heterocycles. The zero-order chi connectivity index (χ0) is 16.0. The Labute approximate surface area is 120 Å². The van der Waals surface area contributed by atoms with Crippen LogP contribution in [0.3, 0.4) is 0 Å². The van der Waals surface area contributed by atoms with Gasteiger partial charge in [-0.1, -0.05) is 30.3 Å². The second-order valence-electron chi connectivity index (χ2n) is 4.42. The van der Waals surface area contributed by atoms with E-state index in [1.165, 1.54) is 7.05 Å². The van der Waals surface area contributed by atoms with Crippen molar-refractivity contribution in [3.63, 3.8) is 0 Å². The molecule has 1 unspecified atom stereocenters. The zero-order valence-electron chi connectivity index (χ0n) is 11.3. The highest BCUT2D eigenvalue weighted by Gasteiger charge is 2.25. The number of nitrogens with two attached hydrogens (primary N) is 1. The van der Waals surface area contributed by atoms with Crippen molar-refractivity contribution >= 4 is 11.8 Å². The maximum absolute atomic E-state index is 12.1. The van der Waals surface area contributed by atoms with E-state index in [1.54, 1.807) is 30.3 Å². The van der Waals surface area contributed by atoms with E-state index in [4.69, 9.17) is 5.73 Å². The Hall–Kier alpha value is -2.31. The first-order valence-electron chi connectivity index (χ1n) is 6.06. The fourth-order valence-corrected chi connectivity index (χ4v) is 1.78. The highest BCUT2D eigenvalue weighted by molar-refractivity contribution is 5.88. The molecule has 0 saturated carbocycles. The van der Waals surface area contributed by atoms with Crippen LogP contribution in [-0.2, 0) is 9.59 Å². The highest BCUT2D eigenvalue weighted by Crippen LogP contribution is 2.23. The van der Waals surface area contributed by atoms with E-state index < -0.39 is 24.0 Å². The number of amides is 2. The molecule has 0 fully saturated rings. The summed E-state index contributed by atoms with van der Waals surface area (Å²) in [7, 11) is 1.32. The van der Waals surface area contributed by atoms with Crippen LogP contribution in [0.15, 0.2) is 42.5 Å². The number of likely N-dealkylation sites (N-methyl/N-ethyl adjacent to an activating group) is 1. The summed E-state index contributed by atoms with van der Waals surface area (Å²) in [6, 6.07) is 7.78. The van der Waals surface area contributed by atoms with Gasteiger partial charge in [0.1, 0.15) is 0 Å². The van der Waals surface area contributed by atoms with Crippen molar-refractivity contribution in [2.45, 2.75) is 18.6 Å². The third-order valence-electron chi connectivity index (χ3n) is 2.81. The molecule has 0 aliphatic rings. The van der Waals surface area contributed by atoms with Crippen molar-refractivity contribution in [2.24, 2.45) is 5.73 Å². The van der Waals surface area contributed by atoms with Crippen molar-refractivity contribution in [3.8, 4) is 0 Å². The van der Waals surface area contributed by atoms with Gasteiger partial charge in [0.25, 0.3) is 0 Å². The quantitative estimate of drug-likeness (QED) is 0.847. The van der Waals surface area contributed by atoms with Crippen LogP contribution in [0.4, 0.5) is 13.2 Å². The molecule has 0 radical (unpaired) electrons. The Bertz CT molecular complexity index is 527. The number of benzene rings is 1. The average molecular weight is 300 g/mol. The molecule has 0 bridgehead atoms. The highest BCUT2D eigenvalue weighted by atomic mass is 19.4. The van der Waals surface area contributed by atoms with E-state index in [9.17, 15) is 22.8 Å². The molecular formula is C14H15F3N2O2. The fourth-order valence-electron chi connectivity index (χ4n) is 1.78. The number of alkyl halides is 3. The van der Waals surface area contributed by atoms with Gasteiger partial charge < -0.3 is 10.6 Å². The summed E-state index contributed by atoms with van der Waals surface area (Å²) >= 11 is 0. The van der Waals surface area contributed by atoms with Crippen molar-refractivity contribution in [2.75, 3.05) is 7.05 Å². The van der Waals surface area contributed by atoms with Gasteiger partial charge in [0.05, 0.1) is 12.5 Å². The van der Waals surface area contributed by atoms with E-state index in [0.717, 1.165) is 4.90 Å². The summed E-state index contributed by atoms with van der Waals surface area (Å²) in [5.41, 5.74) is 5.76. The minimum Gasteiger partial charge on any atom is -0.370 e. The van der Waals surface area contributed by atoms with Crippen LogP contribution in [0, 0.1) is 0 Å². The van der Waals surface area contributed by atoms with Crippen LogP contribution in [0.25, 0.3) is 0 Å². The fraction of sp³-hybridized carbons (Fsp3) is 0.286. The molecule has 4 nitrogen and oxygen atoms in total. The minimum atomic E-state index is -4.57. The molecule has 0 saturated heterocycles. The summed E-state index contributed by atoms with van der Waals surface area (Å²) in [6.45, 7) is 0. The standard InChI is InChI=1S/C14H15F3N2O2/c1-19(13(21)7-8-14(15,16)17)11(9-12(18)20)10-5-3-2-4-6-10/h2-8,11H,9H2,1H3,(H2,18,20)/b8-7+. The van der Waals surface area contributed by atoms with Crippen LogP contribution in [0.1, 0.15) is 18.0 Å². The van der Waals surface area contributed by atoms with Crippen molar-refractivity contribution in [1.82, 2.24) is 4.90 Å². The number of allylic oxidation sites excluding steroid dienone is 1. The topological polar surface area (TPSA) is 63.4 Å². The Morgan fingerprint density at radius 3 is 2.33 bits per heavy atom. The Morgan fingerprint density at radius 1 is 1.29 bits per heavy atom. The Kier molecular flexibility index (Phi) is 5.52. The molecule has 21 heavy (non-hydrogen) atoms. The van der Waals surface area contributed by atoms with Crippen molar-refractivity contribution < 1.29 is 22.8 Å². The molecule has 0 aliphatic heterocycles. The van der Waals surface area contributed by atoms with Gasteiger partial charge in [-0.3, -0.25) is 9.59 Å². The van der Waals surface area contributed by atoms with Crippen LogP contribution >= 0.6 is 0 Å². The predicted octanol–water partition coefficient (Wildman–Crippen LogP) is 2.18. The number of carbonyl (C=O) groups is 2. The summed E-state index contributed by atoms with van der Waals surface area (Å²) in [5.74, 6) is -1.51. The van der Waals surface area contributed by atoms with Gasteiger partial charge in [-0.15, -0.1) is 0 Å². The first-order chi connectivity index (χ1) is 9.70. The molecule has 1 aromatic carbocycles. The largest absolute Gasteiger partial charge is 0.409 e. The van der Waals surface area contributed by atoms with Gasteiger partial charge in [0, 0.05) is 19.2 Å². The van der Waals surface area contributed by atoms with Gasteiger partial charge in [-0.2, -0.15) is 13.2 Å². The average Bonchev–Trinajstić information content (AvgIpc) is 2.41. The number of hydrogen-bond acceptors (Lipinski definition) is 2. The third kappa shape index (κ3) is 5.68. The number of halogens is 3. The lowest BCUT2D eigenvalue weighted by molar-refractivity contribution is -0.129. The first-order valence-corrected chi connectivity index (χ1v) is 6.06. The number of rotatable bonds is 5. The molecule has 0 aromatic heterocycles. The summed E-state index contributed by atoms with van der Waals surface area (Å²) in [6.07, 6.45) is -4.45. The van der Waals surface area contributed by atoms with Crippen LogP contribution in [-0.4, -0.2) is 29.9 Å². The summed E-state index contributed by atoms with van der Waals surface area (Å²) in [4.78, 5) is 23.9. The molecule has 2 amide bonds. The first kappa shape index (κ1) is 16.7. The monoisotopic (exact) mass is 300 g/mol. The van der Waals surface area contributed by atoms with E-state index in [-0.39, 0.29) is 12.5 Å². The lowest BCUT2D eigenvalue weighted by atomic mass is 10.0. The molecule has 7 heteroatoms. The number of carbonyl (C=O) groups excluding carboxylic acids is 2. The van der Waals surface area contributed by atoms with Crippen molar-refractivity contribution in [3.05, 3.63) is 48.0 Å². The van der Waals surface area contributed by atoms with E-state index in [1.807, 2.05) is 0 Å². The second kappa shape index (κ2) is 6.92. The SMILES string of the molecule is CN(C(=O)/C=C/C(F)(F)F)C(CC(N)=O)c1ccccc1. The van der Waals surface area contributed by atoms with Gasteiger partial charge in [0.15, 0.2) is 0 Å². The molecule has 1 rings (SSSR count). The third-order valence-corrected chi connectivity index (χ3v) is 2.81. The maximum atomic E-state index is 12.1. The van der Waals surface area contributed by atoms with E-state index in [0.29, 0.717) is 11.6 Å². The molecule has 0 aliphatic carbocycles. The maximum Gasteiger partial charge on any atom is 0.409 e. The van der Waals surface area contributed by atoms with E-state index in [2.05, 4.69) is 0 Å². The molecule has 1 atom stereocenters. The van der Waals surface area contributed by atoms with Crippen LogP contribution in [0.2, 0.25) is 0 Å². The van der Waals surface area contributed by atoms with Crippen LogP contribution in [0.5, 0.6) is 0 Å². The molecule has 2 N–H and O–H groups in total.